The molecule has 20 heavy (non-hydrogen) atoms. The predicted octanol–water partition coefficient (Wildman–Crippen LogP) is 3.08. The zero-order valence-corrected chi connectivity index (χ0v) is 11.1. The SMILES string of the molecule is O=[N+]([O-])CC(c1ccccc1)c1cc2c([nH]1)CC=CC2. The van der Waals surface area contributed by atoms with Gasteiger partial charge < -0.3 is 4.98 Å². The molecule has 1 unspecified atom stereocenters. The van der Waals surface area contributed by atoms with E-state index in [-0.39, 0.29) is 17.4 Å². The standard InChI is InChI=1S/C16H16N2O2/c19-18(20)11-14(12-6-2-1-3-7-12)16-10-13-8-4-5-9-15(13)17-16/h1-7,10,14,17H,8-9,11H2. The molecular weight excluding hydrogens is 252 g/mol. The maximum atomic E-state index is 11.0. The number of nitrogens with one attached hydrogen (secondary N) is 1. The van der Waals surface area contributed by atoms with Crippen molar-refractivity contribution in [2.24, 2.45) is 0 Å². The van der Waals surface area contributed by atoms with E-state index in [1.54, 1.807) is 0 Å². The van der Waals surface area contributed by atoms with Crippen LogP contribution in [0.15, 0.2) is 48.6 Å². The molecule has 0 fully saturated rings. The maximum Gasteiger partial charge on any atom is 0.216 e. The van der Waals surface area contributed by atoms with Crippen LogP contribution in [0.3, 0.4) is 0 Å². The lowest BCUT2D eigenvalue weighted by Crippen LogP contribution is -2.14. The first-order valence-corrected chi connectivity index (χ1v) is 6.76. The molecule has 1 atom stereocenters. The van der Waals surface area contributed by atoms with Crippen molar-refractivity contribution >= 4 is 0 Å². The molecule has 1 aliphatic carbocycles. The molecule has 1 heterocycles. The predicted molar refractivity (Wildman–Crippen MR) is 77.5 cm³/mol. The Bertz CT molecular complexity index is 618. The number of aromatic amines is 1. The Morgan fingerprint density at radius 3 is 2.65 bits per heavy atom. The van der Waals surface area contributed by atoms with Gasteiger partial charge in [-0.05, 0) is 23.6 Å². The molecule has 3 rings (SSSR count). The van der Waals surface area contributed by atoms with E-state index in [9.17, 15) is 10.1 Å². The Hall–Kier alpha value is -2.36. The molecule has 102 valence electrons. The smallest absolute Gasteiger partial charge is 0.216 e. The Morgan fingerprint density at radius 1 is 1.20 bits per heavy atom. The van der Waals surface area contributed by atoms with Crippen molar-refractivity contribution in [1.82, 2.24) is 4.98 Å². The molecule has 0 spiro atoms. The second-order valence-electron chi connectivity index (χ2n) is 5.09. The minimum absolute atomic E-state index is 0.0865. The first-order valence-electron chi connectivity index (χ1n) is 6.76. The van der Waals surface area contributed by atoms with Gasteiger partial charge in [-0.25, -0.2) is 0 Å². The summed E-state index contributed by atoms with van der Waals surface area (Å²) in [5.41, 5.74) is 4.37. The highest BCUT2D eigenvalue weighted by atomic mass is 16.6. The van der Waals surface area contributed by atoms with Gasteiger partial charge in [-0.3, -0.25) is 10.1 Å². The van der Waals surface area contributed by atoms with Gasteiger partial charge in [-0.1, -0.05) is 42.5 Å². The molecule has 1 aromatic heterocycles. The molecule has 0 bridgehead atoms. The summed E-state index contributed by atoms with van der Waals surface area (Å²) in [6.45, 7) is -0.0865. The summed E-state index contributed by atoms with van der Waals surface area (Å²) in [6, 6.07) is 11.8. The highest BCUT2D eigenvalue weighted by Gasteiger charge is 2.23. The molecule has 1 aliphatic rings. The van der Waals surface area contributed by atoms with Crippen LogP contribution in [0.2, 0.25) is 0 Å². The van der Waals surface area contributed by atoms with E-state index in [0.717, 1.165) is 24.1 Å². The molecule has 2 aromatic rings. The highest BCUT2D eigenvalue weighted by molar-refractivity contribution is 5.37. The molecule has 0 aliphatic heterocycles. The molecule has 4 heteroatoms. The van der Waals surface area contributed by atoms with Crippen LogP contribution >= 0.6 is 0 Å². The Morgan fingerprint density at radius 2 is 1.95 bits per heavy atom. The molecule has 1 aromatic carbocycles. The van der Waals surface area contributed by atoms with E-state index in [1.807, 2.05) is 30.3 Å². The summed E-state index contributed by atoms with van der Waals surface area (Å²) in [5, 5.41) is 11.0. The van der Waals surface area contributed by atoms with E-state index in [1.165, 1.54) is 11.3 Å². The number of nitro groups is 1. The van der Waals surface area contributed by atoms with Crippen LogP contribution < -0.4 is 0 Å². The fraction of sp³-hybridized carbons (Fsp3) is 0.250. The van der Waals surface area contributed by atoms with Crippen LogP contribution in [0.5, 0.6) is 0 Å². The first-order chi connectivity index (χ1) is 9.74. The van der Waals surface area contributed by atoms with Gasteiger partial charge in [-0.2, -0.15) is 0 Å². The third-order valence-corrected chi connectivity index (χ3v) is 3.75. The summed E-state index contributed by atoms with van der Waals surface area (Å²) < 4.78 is 0. The molecule has 1 N–H and O–H groups in total. The van der Waals surface area contributed by atoms with Gasteiger partial charge in [0.1, 0.15) is 0 Å². The van der Waals surface area contributed by atoms with Gasteiger partial charge in [0.15, 0.2) is 0 Å². The number of aromatic nitrogens is 1. The average molecular weight is 268 g/mol. The van der Waals surface area contributed by atoms with Crippen molar-refractivity contribution in [3.63, 3.8) is 0 Å². The molecule has 0 amide bonds. The van der Waals surface area contributed by atoms with Crippen LogP contribution in [0.1, 0.15) is 28.4 Å². The van der Waals surface area contributed by atoms with Crippen molar-refractivity contribution in [3.8, 4) is 0 Å². The number of nitrogens with zero attached hydrogens (tertiary/aromatic N) is 1. The van der Waals surface area contributed by atoms with E-state index in [2.05, 4.69) is 23.2 Å². The van der Waals surface area contributed by atoms with Crippen LogP contribution in [-0.2, 0) is 12.8 Å². The maximum absolute atomic E-state index is 11.0. The van der Waals surface area contributed by atoms with E-state index < -0.39 is 0 Å². The van der Waals surface area contributed by atoms with Gasteiger partial charge in [-0.15, -0.1) is 0 Å². The van der Waals surface area contributed by atoms with Crippen molar-refractivity contribution in [1.29, 1.82) is 0 Å². The fourth-order valence-corrected chi connectivity index (χ4v) is 2.75. The van der Waals surface area contributed by atoms with E-state index >= 15 is 0 Å². The summed E-state index contributed by atoms with van der Waals surface area (Å²) >= 11 is 0. The van der Waals surface area contributed by atoms with Crippen LogP contribution in [0.4, 0.5) is 0 Å². The number of H-pyrrole nitrogens is 1. The fourth-order valence-electron chi connectivity index (χ4n) is 2.75. The topological polar surface area (TPSA) is 58.9 Å². The third kappa shape index (κ3) is 2.50. The number of hydrogen-bond acceptors (Lipinski definition) is 2. The molecule has 0 saturated carbocycles. The van der Waals surface area contributed by atoms with Crippen LogP contribution in [0.25, 0.3) is 0 Å². The van der Waals surface area contributed by atoms with Gasteiger partial charge in [0.25, 0.3) is 0 Å². The molecule has 0 saturated heterocycles. The molecular formula is C16H16N2O2. The average Bonchev–Trinajstić information content (AvgIpc) is 2.89. The number of benzene rings is 1. The molecule has 0 radical (unpaired) electrons. The second kappa shape index (κ2) is 5.33. The highest BCUT2D eigenvalue weighted by Crippen LogP contribution is 2.28. The summed E-state index contributed by atoms with van der Waals surface area (Å²) in [7, 11) is 0. The lowest BCUT2D eigenvalue weighted by molar-refractivity contribution is -0.481. The summed E-state index contributed by atoms with van der Waals surface area (Å²) in [4.78, 5) is 14.1. The number of allylic oxidation sites excluding steroid dienone is 2. The van der Waals surface area contributed by atoms with Crippen LogP contribution in [-0.4, -0.2) is 16.5 Å². The number of rotatable bonds is 4. The Labute approximate surface area is 117 Å². The van der Waals surface area contributed by atoms with Crippen molar-refractivity contribution in [2.45, 2.75) is 18.8 Å². The number of hydrogen-bond donors (Lipinski definition) is 1. The van der Waals surface area contributed by atoms with Gasteiger partial charge in [0.05, 0.1) is 5.92 Å². The van der Waals surface area contributed by atoms with Crippen molar-refractivity contribution in [3.05, 3.63) is 81.2 Å². The minimum atomic E-state index is -0.240. The third-order valence-electron chi connectivity index (χ3n) is 3.75. The lowest BCUT2D eigenvalue weighted by Gasteiger charge is -2.11. The normalized spacial score (nSPS) is 14.8. The Kier molecular flexibility index (Phi) is 3.37. The van der Waals surface area contributed by atoms with Crippen molar-refractivity contribution < 1.29 is 4.92 Å². The van der Waals surface area contributed by atoms with E-state index in [0.29, 0.717) is 0 Å². The van der Waals surface area contributed by atoms with Gasteiger partial charge in [0, 0.05) is 22.7 Å². The first kappa shape index (κ1) is 12.7. The summed E-state index contributed by atoms with van der Waals surface area (Å²) in [6.07, 6.45) is 6.07. The summed E-state index contributed by atoms with van der Waals surface area (Å²) in [5.74, 6) is -0.211. The quantitative estimate of drug-likeness (QED) is 0.526. The number of fused-ring (bicyclic) bond motifs is 1. The van der Waals surface area contributed by atoms with Gasteiger partial charge >= 0.3 is 0 Å². The lowest BCUT2D eigenvalue weighted by atomic mass is 9.95. The van der Waals surface area contributed by atoms with Crippen molar-refractivity contribution in [2.75, 3.05) is 6.54 Å². The largest absolute Gasteiger partial charge is 0.361 e. The van der Waals surface area contributed by atoms with Crippen LogP contribution in [0, 0.1) is 10.1 Å². The Balaban J connectivity index is 1.97. The monoisotopic (exact) mass is 268 g/mol. The van der Waals surface area contributed by atoms with Gasteiger partial charge in [0.2, 0.25) is 6.54 Å². The minimum Gasteiger partial charge on any atom is -0.361 e. The zero-order chi connectivity index (χ0) is 13.9. The van der Waals surface area contributed by atoms with E-state index in [4.69, 9.17) is 0 Å². The second-order valence-corrected chi connectivity index (χ2v) is 5.09. The zero-order valence-electron chi connectivity index (χ0n) is 11.1. The molecule has 4 nitrogen and oxygen atoms in total.